The van der Waals surface area contributed by atoms with Gasteiger partial charge >= 0.3 is 0 Å². The van der Waals surface area contributed by atoms with Crippen LogP contribution in [0.3, 0.4) is 0 Å². The van der Waals surface area contributed by atoms with Gasteiger partial charge < -0.3 is 9.80 Å². The summed E-state index contributed by atoms with van der Waals surface area (Å²) < 4.78 is 25.0. The zero-order chi connectivity index (χ0) is 27.7. The number of benzene rings is 2. The summed E-state index contributed by atoms with van der Waals surface area (Å²) >= 11 is 1.72. The Morgan fingerprint density at radius 3 is 2.05 bits per heavy atom. The van der Waals surface area contributed by atoms with Crippen LogP contribution in [0.25, 0.3) is 0 Å². The number of thioether (sulfide) groups is 1. The van der Waals surface area contributed by atoms with Crippen molar-refractivity contribution >= 4 is 44.8 Å². The van der Waals surface area contributed by atoms with E-state index in [1.54, 1.807) is 41.5 Å². The number of fused-ring (bicyclic) bond motifs is 2. The number of sulfone groups is 1. The highest BCUT2D eigenvalue weighted by Gasteiger charge is 2.38. The molecule has 4 N–H and O–H groups in total. The lowest BCUT2D eigenvalue weighted by molar-refractivity contribution is -0.129. The van der Waals surface area contributed by atoms with E-state index >= 15 is 0 Å². The summed E-state index contributed by atoms with van der Waals surface area (Å²) in [5.41, 5.74) is 5.16. The van der Waals surface area contributed by atoms with Gasteiger partial charge in [-0.05, 0) is 37.1 Å². The normalized spacial score (nSPS) is 19.4. The summed E-state index contributed by atoms with van der Waals surface area (Å²) in [5.74, 6) is -1.00. The third-order valence-corrected chi connectivity index (χ3v) is 9.76. The van der Waals surface area contributed by atoms with E-state index in [1.807, 2.05) is 24.0 Å². The second-order valence-corrected chi connectivity index (χ2v) is 12.8. The van der Waals surface area contributed by atoms with Crippen LogP contribution in [0.15, 0.2) is 58.3 Å². The second-order valence-electron chi connectivity index (χ2n) is 9.21. The van der Waals surface area contributed by atoms with Gasteiger partial charge in [-0.15, -0.1) is 11.8 Å². The number of anilines is 2. The van der Waals surface area contributed by atoms with Gasteiger partial charge in [-0.1, -0.05) is 38.1 Å². The SMILES string of the molecule is CCCN1CC(CC(=O)NO)S(=O)(=O)c2ccccc21.CCCN1CC(CC(=O)NO)Sc2ccccc21. The van der Waals surface area contributed by atoms with Crippen molar-refractivity contribution in [3.8, 4) is 0 Å². The molecule has 0 aromatic heterocycles. The molecular formula is C26H36N4O6S2. The van der Waals surface area contributed by atoms with Crippen LogP contribution in [-0.4, -0.2) is 67.3 Å². The van der Waals surface area contributed by atoms with E-state index in [0.717, 1.165) is 32.5 Å². The fraction of sp³-hybridized carbons (Fsp3) is 0.462. The van der Waals surface area contributed by atoms with Gasteiger partial charge in [0.15, 0.2) is 9.84 Å². The third-order valence-electron chi connectivity index (χ3n) is 6.36. The van der Waals surface area contributed by atoms with Gasteiger partial charge in [0.2, 0.25) is 11.8 Å². The molecule has 2 heterocycles. The number of hydrogen-bond acceptors (Lipinski definition) is 9. The number of amides is 2. The van der Waals surface area contributed by atoms with Gasteiger partial charge in [-0.2, -0.15) is 0 Å². The third kappa shape index (κ3) is 7.19. The predicted molar refractivity (Wildman–Crippen MR) is 148 cm³/mol. The molecule has 2 aromatic carbocycles. The van der Waals surface area contributed by atoms with Crippen molar-refractivity contribution in [3.05, 3.63) is 48.5 Å². The lowest BCUT2D eigenvalue weighted by Crippen LogP contribution is -2.44. The Hall–Kier alpha value is -2.80. The molecule has 208 valence electrons. The zero-order valence-corrected chi connectivity index (χ0v) is 23.3. The topological polar surface area (TPSA) is 139 Å². The molecule has 2 aliphatic heterocycles. The highest BCUT2D eigenvalue weighted by molar-refractivity contribution is 8.00. The van der Waals surface area contributed by atoms with Gasteiger partial charge in [0.05, 0.1) is 21.5 Å². The van der Waals surface area contributed by atoms with Crippen LogP contribution >= 0.6 is 11.8 Å². The van der Waals surface area contributed by atoms with Crippen molar-refractivity contribution in [1.82, 2.24) is 11.0 Å². The van der Waals surface area contributed by atoms with Crippen LogP contribution in [0.4, 0.5) is 11.4 Å². The number of nitrogens with zero attached hydrogens (tertiary/aromatic N) is 2. The molecule has 0 saturated carbocycles. The first-order valence-electron chi connectivity index (χ1n) is 12.7. The van der Waals surface area contributed by atoms with Gasteiger partial charge in [-0.3, -0.25) is 20.0 Å². The Labute approximate surface area is 228 Å². The Balaban J connectivity index is 0.000000212. The Morgan fingerprint density at radius 1 is 0.868 bits per heavy atom. The first-order chi connectivity index (χ1) is 18.2. The van der Waals surface area contributed by atoms with Crippen LogP contribution in [0.5, 0.6) is 0 Å². The monoisotopic (exact) mass is 564 g/mol. The van der Waals surface area contributed by atoms with Gasteiger partial charge in [0.1, 0.15) is 0 Å². The molecule has 0 aliphatic carbocycles. The van der Waals surface area contributed by atoms with Crippen LogP contribution < -0.4 is 20.8 Å². The largest absolute Gasteiger partial charge is 0.370 e. The van der Waals surface area contributed by atoms with E-state index < -0.39 is 21.0 Å². The van der Waals surface area contributed by atoms with E-state index in [-0.39, 0.29) is 29.0 Å². The molecule has 0 fully saturated rings. The van der Waals surface area contributed by atoms with Crippen molar-refractivity contribution in [2.45, 2.75) is 59.8 Å². The lowest BCUT2D eigenvalue weighted by Gasteiger charge is -2.35. The first kappa shape index (κ1) is 29.8. The summed E-state index contributed by atoms with van der Waals surface area (Å²) in [4.78, 5) is 28.3. The van der Waals surface area contributed by atoms with Crippen LogP contribution in [0.1, 0.15) is 39.5 Å². The van der Waals surface area contributed by atoms with Crippen LogP contribution in [-0.2, 0) is 19.4 Å². The highest BCUT2D eigenvalue weighted by atomic mass is 32.2. The minimum Gasteiger partial charge on any atom is -0.370 e. The smallest absolute Gasteiger partial charge is 0.244 e. The second kappa shape index (κ2) is 13.8. The average molecular weight is 565 g/mol. The molecular weight excluding hydrogens is 528 g/mol. The standard InChI is InChI=1S/C13H18N2O4S.C13H18N2O2S/c1-2-7-15-9-10(8-13(16)14-17)20(18,19)12-6-4-3-5-11(12)15;1-2-7-15-9-10(8-13(16)14-17)18-12-6-4-3-5-11(12)15/h3-6,10,17H,2,7-9H2,1H3,(H,14,16);3-6,10,17H,2,7-9H2,1H3,(H,14,16). The molecule has 4 rings (SSSR count). The molecule has 2 amide bonds. The summed E-state index contributed by atoms with van der Waals surface area (Å²) in [5, 5.41) is 16.6. The van der Waals surface area contributed by atoms with E-state index in [9.17, 15) is 18.0 Å². The van der Waals surface area contributed by atoms with E-state index in [1.165, 1.54) is 16.1 Å². The molecule has 2 unspecified atom stereocenters. The maximum atomic E-state index is 12.5. The van der Waals surface area contributed by atoms with Gasteiger partial charge in [0, 0.05) is 49.2 Å². The van der Waals surface area contributed by atoms with Crippen molar-refractivity contribution in [3.63, 3.8) is 0 Å². The average Bonchev–Trinajstić information content (AvgIpc) is 2.92. The molecule has 2 atom stereocenters. The number of para-hydroxylation sites is 2. The summed E-state index contributed by atoms with van der Waals surface area (Å²) in [6.45, 7) is 7.00. The quantitative estimate of drug-likeness (QED) is 0.281. The Kier molecular flexibility index (Phi) is 10.8. The highest BCUT2D eigenvalue weighted by Crippen LogP contribution is 2.39. The molecule has 0 radical (unpaired) electrons. The first-order valence-corrected chi connectivity index (χ1v) is 15.1. The molecule has 0 saturated heterocycles. The minimum atomic E-state index is -3.55. The summed E-state index contributed by atoms with van der Waals surface area (Å²) in [7, 11) is -3.55. The fourth-order valence-corrected chi connectivity index (χ4v) is 7.89. The molecule has 0 spiro atoms. The molecule has 12 heteroatoms. The fourth-order valence-electron chi connectivity index (χ4n) is 4.71. The minimum absolute atomic E-state index is 0.193. The number of carbonyl (C=O) groups is 2. The maximum absolute atomic E-state index is 12.5. The molecule has 10 nitrogen and oxygen atoms in total. The Bertz CT molecular complexity index is 1210. The van der Waals surface area contributed by atoms with Crippen LogP contribution in [0, 0.1) is 0 Å². The number of hydrogen-bond donors (Lipinski definition) is 4. The van der Waals surface area contributed by atoms with Crippen molar-refractivity contribution < 1.29 is 28.4 Å². The lowest BCUT2D eigenvalue weighted by atomic mass is 10.2. The van der Waals surface area contributed by atoms with E-state index in [2.05, 4.69) is 24.0 Å². The molecule has 2 aliphatic rings. The van der Waals surface area contributed by atoms with Crippen molar-refractivity contribution in [2.24, 2.45) is 0 Å². The molecule has 2 aromatic rings. The summed E-state index contributed by atoms with van der Waals surface area (Å²) in [6.07, 6.45) is 2.06. The zero-order valence-electron chi connectivity index (χ0n) is 21.7. The number of hydroxylamine groups is 2. The maximum Gasteiger partial charge on any atom is 0.244 e. The molecule has 0 bridgehead atoms. The van der Waals surface area contributed by atoms with Crippen molar-refractivity contribution in [2.75, 3.05) is 36.0 Å². The number of rotatable bonds is 8. The van der Waals surface area contributed by atoms with Crippen LogP contribution in [0.2, 0.25) is 0 Å². The number of carbonyl (C=O) groups excluding carboxylic acids is 2. The molecule has 38 heavy (non-hydrogen) atoms. The Morgan fingerprint density at radius 2 is 1.42 bits per heavy atom. The predicted octanol–water partition coefficient (Wildman–Crippen LogP) is 3.23. The van der Waals surface area contributed by atoms with Gasteiger partial charge in [-0.25, -0.2) is 19.4 Å². The van der Waals surface area contributed by atoms with E-state index in [0.29, 0.717) is 12.1 Å². The summed E-state index contributed by atoms with van der Waals surface area (Å²) in [6, 6.07) is 15.1. The van der Waals surface area contributed by atoms with Gasteiger partial charge in [0.25, 0.3) is 0 Å². The van der Waals surface area contributed by atoms with Crippen molar-refractivity contribution in [1.29, 1.82) is 0 Å². The number of nitrogens with one attached hydrogen (secondary N) is 2. The van der Waals surface area contributed by atoms with E-state index in [4.69, 9.17) is 10.4 Å².